The Morgan fingerprint density at radius 1 is 1.14 bits per heavy atom. The van der Waals surface area contributed by atoms with Crippen molar-refractivity contribution < 1.29 is 5.11 Å². The first-order chi connectivity index (χ1) is 13.7. The van der Waals surface area contributed by atoms with Crippen molar-refractivity contribution in [1.29, 1.82) is 0 Å². The molecule has 2 aliphatic rings. The molecule has 6 heteroatoms. The van der Waals surface area contributed by atoms with Crippen LogP contribution in [0.4, 0.5) is 0 Å². The van der Waals surface area contributed by atoms with Crippen LogP contribution in [0.25, 0.3) is 5.52 Å². The van der Waals surface area contributed by atoms with Crippen LogP contribution in [-0.2, 0) is 6.54 Å². The lowest BCUT2D eigenvalue weighted by molar-refractivity contribution is 0.0210. The third-order valence-corrected chi connectivity index (χ3v) is 6.69. The number of nitrogens with zero attached hydrogens (tertiary/aromatic N) is 5. The summed E-state index contributed by atoms with van der Waals surface area (Å²) < 4.78 is 2.19. The van der Waals surface area contributed by atoms with Crippen LogP contribution in [-0.4, -0.2) is 88.2 Å². The Morgan fingerprint density at radius 3 is 2.75 bits per heavy atom. The number of likely N-dealkylation sites (N-methyl/N-ethyl adjacent to an activating group) is 1. The van der Waals surface area contributed by atoms with Gasteiger partial charge in [0.2, 0.25) is 0 Å². The summed E-state index contributed by atoms with van der Waals surface area (Å²) in [4.78, 5) is 12.6. The average Bonchev–Trinajstić information content (AvgIpc) is 3.03. The number of imidazole rings is 1. The molecule has 0 saturated carbocycles. The summed E-state index contributed by atoms with van der Waals surface area (Å²) in [7, 11) is 2.22. The lowest BCUT2D eigenvalue weighted by atomic mass is 9.86. The van der Waals surface area contributed by atoms with Crippen molar-refractivity contribution in [2.45, 2.75) is 38.8 Å². The summed E-state index contributed by atoms with van der Waals surface area (Å²) in [5, 5.41) is 9.40. The van der Waals surface area contributed by atoms with E-state index in [1.165, 1.54) is 43.8 Å². The van der Waals surface area contributed by atoms with E-state index < -0.39 is 0 Å². The monoisotopic (exact) mass is 385 g/mol. The SMILES string of the molecule is Cc1nc(CN2CC[C@@H](N3CCN(C)CC3)[C@@H](CCCO)C2)c2ccccn12. The molecule has 0 radical (unpaired) electrons. The number of pyridine rings is 1. The van der Waals surface area contributed by atoms with Gasteiger partial charge in [-0.1, -0.05) is 6.07 Å². The van der Waals surface area contributed by atoms with Gasteiger partial charge in [0.05, 0.1) is 11.2 Å². The van der Waals surface area contributed by atoms with Gasteiger partial charge < -0.3 is 14.4 Å². The van der Waals surface area contributed by atoms with Crippen molar-refractivity contribution >= 4 is 5.52 Å². The molecular formula is C22H35N5O. The fourth-order valence-electron chi connectivity index (χ4n) is 5.11. The molecule has 28 heavy (non-hydrogen) atoms. The normalized spacial score (nSPS) is 25.5. The highest BCUT2D eigenvalue weighted by molar-refractivity contribution is 5.53. The number of rotatable bonds is 6. The number of aliphatic hydroxyl groups is 1. The van der Waals surface area contributed by atoms with Gasteiger partial charge in [-0.3, -0.25) is 9.80 Å². The fourth-order valence-corrected chi connectivity index (χ4v) is 5.11. The van der Waals surface area contributed by atoms with Crippen molar-refractivity contribution in [3.63, 3.8) is 0 Å². The molecule has 2 aromatic rings. The Morgan fingerprint density at radius 2 is 1.96 bits per heavy atom. The highest BCUT2D eigenvalue weighted by Crippen LogP contribution is 2.28. The number of hydrogen-bond donors (Lipinski definition) is 1. The standard InChI is InChI=1S/C22H35N5O/c1-18-23-20(22-7-3-4-9-27(18)22)17-25-10-8-21(19(16-25)6-5-15-28)26-13-11-24(2)12-14-26/h3-4,7,9,19,21,28H,5-6,8,10-17H2,1-2H3/t19-,21+/m0/s1. The minimum atomic E-state index is 0.302. The Balaban J connectivity index is 1.45. The van der Waals surface area contributed by atoms with Gasteiger partial charge in [-0.25, -0.2) is 4.98 Å². The molecule has 0 aromatic carbocycles. The molecule has 2 saturated heterocycles. The van der Waals surface area contributed by atoms with Crippen LogP contribution in [0.3, 0.4) is 0 Å². The second kappa shape index (κ2) is 8.91. The van der Waals surface area contributed by atoms with Crippen LogP contribution in [0.5, 0.6) is 0 Å². The first-order valence-corrected chi connectivity index (χ1v) is 10.8. The Hall–Kier alpha value is -1.47. The van der Waals surface area contributed by atoms with E-state index in [2.05, 4.69) is 57.5 Å². The summed E-state index contributed by atoms with van der Waals surface area (Å²) >= 11 is 0. The summed E-state index contributed by atoms with van der Waals surface area (Å²) in [5.74, 6) is 1.70. The van der Waals surface area contributed by atoms with Crippen LogP contribution in [0.1, 0.15) is 30.8 Å². The molecule has 0 bridgehead atoms. The van der Waals surface area contributed by atoms with Gasteiger partial charge in [0.25, 0.3) is 0 Å². The van der Waals surface area contributed by atoms with E-state index in [4.69, 9.17) is 4.98 Å². The Kier molecular flexibility index (Phi) is 6.31. The van der Waals surface area contributed by atoms with Gasteiger partial charge in [0.1, 0.15) is 5.82 Å². The zero-order valence-electron chi connectivity index (χ0n) is 17.4. The molecule has 154 valence electrons. The maximum absolute atomic E-state index is 9.40. The molecule has 6 nitrogen and oxygen atoms in total. The van der Waals surface area contributed by atoms with Crippen molar-refractivity contribution in [3.05, 3.63) is 35.9 Å². The van der Waals surface area contributed by atoms with Crippen molar-refractivity contribution in [3.8, 4) is 0 Å². The summed E-state index contributed by atoms with van der Waals surface area (Å²) in [5.41, 5.74) is 2.42. The summed E-state index contributed by atoms with van der Waals surface area (Å²) in [6, 6.07) is 7.01. The molecule has 2 atom stereocenters. The number of aliphatic hydroxyl groups excluding tert-OH is 1. The molecule has 0 unspecified atom stereocenters. The van der Waals surface area contributed by atoms with Crippen LogP contribution in [0.2, 0.25) is 0 Å². The number of hydrogen-bond acceptors (Lipinski definition) is 5. The maximum Gasteiger partial charge on any atom is 0.110 e. The minimum Gasteiger partial charge on any atom is -0.396 e. The van der Waals surface area contributed by atoms with Crippen molar-refractivity contribution in [1.82, 2.24) is 24.1 Å². The molecule has 2 aromatic heterocycles. The largest absolute Gasteiger partial charge is 0.396 e. The lowest BCUT2D eigenvalue weighted by Gasteiger charge is -2.46. The van der Waals surface area contributed by atoms with Gasteiger partial charge in [-0.15, -0.1) is 0 Å². The zero-order valence-corrected chi connectivity index (χ0v) is 17.4. The lowest BCUT2D eigenvalue weighted by Crippen LogP contribution is -2.56. The van der Waals surface area contributed by atoms with E-state index in [1.807, 2.05) is 0 Å². The fraction of sp³-hybridized carbons (Fsp3) is 0.682. The number of aromatic nitrogens is 2. The predicted octanol–water partition coefficient (Wildman–Crippen LogP) is 1.85. The first kappa shape index (κ1) is 19.8. The molecule has 2 aliphatic heterocycles. The molecular weight excluding hydrogens is 350 g/mol. The van der Waals surface area contributed by atoms with E-state index in [-0.39, 0.29) is 0 Å². The molecule has 0 spiro atoms. The zero-order chi connectivity index (χ0) is 19.5. The summed E-state index contributed by atoms with van der Waals surface area (Å²) in [6.07, 6.45) is 5.36. The second-order valence-electron chi connectivity index (χ2n) is 8.62. The van der Waals surface area contributed by atoms with Crippen molar-refractivity contribution in [2.75, 3.05) is 52.9 Å². The molecule has 4 heterocycles. The van der Waals surface area contributed by atoms with E-state index >= 15 is 0 Å². The molecule has 0 amide bonds. The maximum atomic E-state index is 9.40. The Bertz CT molecular complexity index is 767. The van der Waals surface area contributed by atoms with Crippen LogP contribution in [0, 0.1) is 12.8 Å². The Labute approximate surface area is 168 Å². The highest BCUT2D eigenvalue weighted by atomic mass is 16.2. The highest BCUT2D eigenvalue weighted by Gasteiger charge is 2.34. The third kappa shape index (κ3) is 4.25. The molecule has 0 aliphatic carbocycles. The number of piperidine rings is 1. The third-order valence-electron chi connectivity index (χ3n) is 6.69. The predicted molar refractivity (Wildman–Crippen MR) is 112 cm³/mol. The second-order valence-corrected chi connectivity index (χ2v) is 8.62. The van der Waals surface area contributed by atoms with Gasteiger partial charge in [-0.05, 0) is 51.3 Å². The number of aryl methyl sites for hydroxylation is 1. The van der Waals surface area contributed by atoms with Crippen LogP contribution >= 0.6 is 0 Å². The van der Waals surface area contributed by atoms with Crippen molar-refractivity contribution in [2.24, 2.45) is 5.92 Å². The summed E-state index contributed by atoms with van der Waals surface area (Å²) in [6.45, 7) is 10.3. The van der Waals surface area contributed by atoms with Crippen LogP contribution in [0.15, 0.2) is 24.4 Å². The van der Waals surface area contributed by atoms with Gasteiger partial charge in [0.15, 0.2) is 0 Å². The van der Waals surface area contributed by atoms with E-state index in [0.29, 0.717) is 18.6 Å². The number of piperazine rings is 1. The van der Waals surface area contributed by atoms with E-state index in [1.54, 1.807) is 0 Å². The smallest absolute Gasteiger partial charge is 0.110 e. The quantitative estimate of drug-likeness (QED) is 0.822. The number of fused-ring (bicyclic) bond motifs is 1. The van der Waals surface area contributed by atoms with Gasteiger partial charge in [0, 0.05) is 64.7 Å². The van der Waals surface area contributed by atoms with Gasteiger partial charge in [-0.2, -0.15) is 0 Å². The topological polar surface area (TPSA) is 47.2 Å². The first-order valence-electron chi connectivity index (χ1n) is 10.8. The molecule has 2 fully saturated rings. The van der Waals surface area contributed by atoms with Crippen LogP contribution < -0.4 is 0 Å². The average molecular weight is 386 g/mol. The molecule has 4 rings (SSSR count). The number of likely N-dealkylation sites (tertiary alicyclic amines) is 1. The van der Waals surface area contributed by atoms with E-state index in [9.17, 15) is 5.11 Å². The van der Waals surface area contributed by atoms with E-state index in [0.717, 1.165) is 38.3 Å². The minimum absolute atomic E-state index is 0.302. The molecule has 1 N–H and O–H groups in total. The van der Waals surface area contributed by atoms with Gasteiger partial charge >= 0.3 is 0 Å².